The van der Waals surface area contributed by atoms with Gasteiger partial charge in [0.25, 0.3) is 10.1 Å². The number of hydrogen-bond donors (Lipinski definition) is 0. The van der Waals surface area contributed by atoms with Gasteiger partial charge in [-0.1, -0.05) is 25.8 Å². The Hall–Kier alpha value is -0.0600. The summed E-state index contributed by atoms with van der Waals surface area (Å²) in [5.74, 6) is 0.120. The van der Waals surface area contributed by atoms with E-state index in [1.165, 1.54) is 6.08 Å². The molecule has 0 aliphatic rings. The molecule has 0 unspecified atom stereocenters. The molecule has 5 heteroatoms. The summed E-state index contributed by atoms with van der Waals surface area (Å²) >= 11 is 0. The number of rotatable bonds is 7. The molecule has 13 heavy (non-hydrogen) atoms. The lowest BCUT2D eigenvalue weighted by Gasteiger charge is -2.01. The molecule has 0 rings (SSSR count). The monoisotopic (exact) mass is 228 g/mol. The van der Waals surface area contributed by atoms with E-state index >= 15 is 0 Å². The zero-order valence-corrected chi connectivity index (χ0v) is 9.49. The van der Waals surface area contributed by atoms with Crippen molar-refractivity contribution in [2.75, 3.05) is 12.4 Å². The van der Waals surface area contributed by atoms with Gasteiger partial charge in [0.2, 0.25) is 0 Å². The van der Waals surface area contributed by atoms with E-state index in [0.29, 0.717) is 6.42 Å². The van der Waals surface area contributed by atoms with E-state index in [1.54, 1.807) is 0 Å². The van der Waals surface area contributed by atoms with Crippen molar-refractivity contribution in [1.29, 1.82) is 0 Å². The average molecular weight is 229 g/mol. The van der Waals surface area contributed by atoms with Gasteiger partial charge in [0.15, 0.2) is 0 Å². The van der Waals surface area contributed by atoms with Gasteiger partial charge < -0.3 is 0 Å². The second kappa shape index (κ2) is 8.53. The summed E-state index contributed by atoms with van der Waals surface area (Å²) in [6.07, 6.45) is 4.04. The minimum absolute atomic E-state index is 0. The summed E-state index contributed by atoms with van der Waals surface area (Å²) < 4.78 is 26.6. The molecule has 0 aromatic heterocycles. The zero-order valence-electron chi connectivity index (χ0n) is 7.86. The highest BCUT2D eigenvalue weighted by Crippen LogP contribution is 2.01. The Bertz CT molecular complexity index is 211. The molecule has 0 heterocycles. The van der Waals surface area contributed by atoms with Crippen molar-refractivity contribution in [3.63, 3.8) is 0 Å². The van der Waals surface area contributed by atoms with Crippen molar-refractivity contribution in [1.82, 2.24) is 0 Å². The number of unbranched alkanes of at least 4 members (excludes halogenated alkanes) is 2. The van der Waals surface area contributed by atoms with Crippen LogP contribution in [0.2, 0.25) is 0 Å². The van der Waals surface area contributed by atoms with Gasteiger partial charge in [-0.3, -0.25) is 4.18 Å². The first-order chi connectivity index (χ1) is 5.62. The highest BCUT2D eigenvalue weighted by molar-refractivity contribution is 7.86. The van der Waals surface area contributed by atoms with Gasteiger partial charge in [-0.2, -0.15) is 8.42 Å². The van der Waals surface area contributed by atoms with Crippen LogP contribution in [0.1, 0.15) is 26.2 Å². The first kappa shape index (κ1) is 15.4. The Morgan fingerprint density at radius 3 is 2.46 bits per heavy atom. The van der Waals surface area contributed by atoms with Crippen LogP contribution in [0.4, 0.5) is 0 Å². The summed E-state index contributed by atoms with van der Waals surface area (Å²) in [6.45, 7) is 5.47. The number of halogens is 1. The van der Waals surface area contributed by atoms with Crippen molar-refractivity contribution >= 4 is 22.5 Å². The summed E-state index contributed by atoms with van der Waals surface area (Å²) in [4.78, 5) is 0. The topological polar surface area (TPSA) is 43.4 Å². The van der Waals surface area contributed by atoms with E-state index in [2.05, 4.69) is 10.8 Å². The molecule has 0 spiro atoms. The average Bonchev–Trinajstić information content (AvgIpc) is 2.01. The molecular formula is C8H17ClO3S. The van der Waals surface area contributed by atoms with Crippen molar-refractivity contribution in [2.24, 2.45) is 0 Å². The molecule has 0 radical (unpaired) electrons. The molecule has 3 nitrogen and oxygen atoms in total. The smallest absolute Gasteiger partial charge is 0.266 e. The van der Waals surface area contributed by atoms with E-state index < -0.39 is 10.1 Å². The zero-order chi connectivity index (χ0) is 9.45. The Labute approximate surface area is 86.7 Å². The molecule has 0 saturated carbocycles. The van der Waals surface area contributed by atoms with E-state index in [4.69, 9.17) is 0 Å². The van der Waals surface area contributed by atoms with Crippen LogP contribution in [-0.4, -0.2) is 20.8 Å². The first-order valence-electron chi connectivity index (χ1n) is 4.10. The van der Waals surface area contributed by atoms with Crippen LogP contribution in [-0.2, 0) is 14.3 Å². The third-order valence-corrected chi connectivity index (χ3v) is 2.65. The summed E-state index contributed by atoms with van der Waals surface area (Å²) in [5, 5.41) is 0. The molecule has 0 aromatic rings. The van der Waals surface area contributed by atoms with Crippen LogP contribution in [0.15, 0.2) is 12.7 Å². The SMILES string of the molecule is C=CCOS(=O)(=O)CCCCC.Cl. The molecule has 0 N–H and O–H groups in total. The second-order valence-corrected chi connectivity index (χ2v) is 4.30. The van der Waals surface area contributed by atoms with E-state index in [-0.39, 0.29) is 24.8 Å². The summed E-state index contributed by atoms with van der Waals surface area (Å²) in [7, 11) is -3.29. The van der Waals surface area contributed by atoms with E-state index in [1.807, 2.05) is 6.92 Å². The highest BCUT2D eigenvalue weighted by Gasteiger charge is 2.08. The van der Waals surface area contributed by atoms with Crippen molar-refractivity contribution in [3.05, 3.63) is 12.7 Å². The largest absolute Gasteiger partial charge is 0.267 e. The van der Waals surface area contributed by atoms with Crippen molar-refractivity contribution < 1.29 is 12.6 Å². The first-order valence-corrected chi connectivity index (χ1v) is 5.68. The van der Waals surface area contributed by atoms with Gasteiger partial charge in [0, 0.05) is 0 Å². The molecule has 80 valence electrons. The Balaban J connectivity index is 0. The van der Waals surface area contributed by atoms with E-state index in [9.17, 15) is 8.42 Å². The molecule has 0 aromatic carbocycles. The van der Waals surface area contributed by atoms with Crippen molar-refractivity contribution in [3.8, 4) is 0 Å². The molecule has 0 amide bonds. The predicted octanol–water partition coefficient (Wildman–Crippen LogP) is 2.13. The van der Waals surface area contributed by atoms with Crippen LogP contribution in [0.3, 0.4) is 0 Å². The minimum atomic E-state index is -3.29. The fraction of sp³-hybridized carbons (Fsp3) is 0.750. The predicted molar refractivity (Wildman–Crippen MR) is 56.7 cm³/mol. The second-order valence-electron chi connectivity index (χ2n) is 2.54. The van der Waals surface area contributed by atoms with Gasteiger partial charge in [-0.15, -0.1) is 19.0 Å². The minimum Gasteiger partial charge on any atom is -0.266 e. The molecule has 0 bridgehead atoms. The molecule has 0 aliphatic carbocycles. The lowest BCUT2D eigenvalue weighted by Crippen LogP contribution is -2.10. The standard InChI is InChI=1S/C8H16O3S.ClH/c1-3-5-6-8-12(9,10)11-7-4-2;/h4H,2-3,5-8H2,1H3;1H. The Morgan fingerprint density at radius 1 is 1.38 bits per heavy atom. The van der Waals surface area contributed by atoms with Gasteiger partial charge in [-0.25, -0.2) is 0 Å². The van der Waals surface area contributed by atoms with Crippen LogP contribution >= 0.6 is 12.4 Å². The Kier molecular flexibility index (Phi) is 10.1. The summed E-state index contributed by atoms with van der Waals surface area (Å²) in [6, 6.07) is 0. The van der Waals surface area contributed by atoms with Crippen molar-refractivity contribution in [2.45, 2.75) is 26.2 Å². The van der Waals surface area contributed by atoms with Gasteiger partial charge >= 0.3 is 0 Å². The van der Waals surface area contributed by atoms with Crippen LogP contribution in [0.5, 0.6) is 0 Å². The number of hydrogen-bond acceptors (Lipinski definition) is 3. The van der Waals surface area contributed by atoms with E-state index in [0.717, 1.165) is 12.8 Å². The lowest BCUT2D eigenvalue weighted by molar-refractivity contribution is 0.356. The van der Waals surface area contributed by atoms with Gasteiger partial charge in [0.1, 0.15) is 0 Å². The van der Waals surface area contributed by atoms with Gasteiger partial charge in [-0.05, 0) is 6.42 Å². The van der Waals surface area contributed by atoms with Gasteiger partial charge in [0.05, 0.1) is 12.4 Å². The normalized spacial score (nSPS) is 10.5. The van der Waals surface area contributed by atoms with Crippen LogP contribution < -0.4 is 0 Å². The van der Waals surface area contributed by atoms with Crippen LogP contribution in [0.25, 0.3) is 0 Å². The molecule has 0 aliphatic heterocycles. The van der Waals surface area contributed by atoms with Crippen LogP contribution in [0, 0.1) is 0 Å². The molecule has 0 fully saturated rings. The Morgan fingerprint density at radius 2 is 2.00 bits per heavy atom. The quantitative estimate of drug-likeness (QED) is 0.381. The fourth-order valence-electron chi connectivity index (χ4n) is 0.740. The molecule has 0 atom stereocenters. The highest BCUT2D eigenvalue weighted by atomic mass is 35.5. The summed E-state index contributed by atoms with van der Waals surface area (Å²) in [5.41, 5.74) is 0. The fourth-order valence-corrected chi connectivity index (χ4v) is 1.72. The third-order valence-electron chi connectivity index (χ3n) is 1.36. The lowest BCUT2D eigenvalue weighted by atomic mass is 10.3. The molecular weight excluding hydrogens is 212 g/mol. The third kappa shape index (κ3) is 9.86. The maximum absolute atomic E-state index is 11.0. The maximum Gasteiger partial charge on any atom is 0.267 e. The molecule has 0 saturated heterocycles. The maximum atomic E-state index is 11.0.